The van der Waals surface area contributed by atoms with Gasteiger partial charge >= 0.3 is 0 Å². The Balaban J connectivity index is 2.18. The second kappa shape index (κ2) is 6.27. The van der Waals surface area contributed by atoms with Gasteiger partial charge < -0.3 is 5.11 Å². The first-order valence-corrected chi connectivity index (χ1v) is 7.85. The van der Waals surface area contributed by atoms with Crippen LogP contribution in [0.3, 0.4) is 0 Å². The Kier molecular flexibility index (Phi) is 4.86. The van der Waals surface area contributed by atoms with Gasteiger partial charge in [0.25, 0.3) is 0 Å². The van der Waals surface area contributed by atoms with Crippen LogP contribution in [-0.4, -0.2) is 38.5 Å². The van der Waals surface area contributed by atoms with Gasteiger partial charge in [-0.05, 0) is 39.5 Å². The SMILES string of the molecule is Cc1nn(CCO)c(C)c1CN(C1CC1)C(C)C(C)C. The van der Waals surface area contributed by atoms with Crippen LogP contribution in [0.2, 0.25) is 0 Å². The minimum atomic E-state index is 0.149. The summed E-state index contributed by atoms with van der Waals surface area (Å²) in [6.45, 7) is 12.9. The quantitative estimate of drug-likeness (QED) is 0.834. The molecule has 0 radical (unpaired) electrons. The Labute approximate surface area is 122 Å². The number of hydrogen-bond donors (Lipinski definition) is 1. The number of aromatic nitrogens is 2. The Morgan fingerprint density at radius 2 is 1.95 bits per heavy atom. The van der Waals surface area contributed by atoms with Crippen LogP contribution in [0.15, 0.2) is 0 Å². The topological polar surface area (TPSA) is 41.3 Å². The average molecular weight is 279 g/mol. The summed E-state index contributed by atoms with van der Waals surface area (Å²) in [5.41, 5.74) is 3.66. The van der Waals surface area contributed by atoms with Crippen molar-refractivity contribution in [2.45, 2.75) is 72.6 Å². The Hall–Kier alpha value is -0.870. The van der Waals surface area contributed by atoms with E-state index in [1.54, 1.807) is 0 Å². The summed E-state index contributed by atoms with van der Waals surface area (Å²) in [5.74, 6) is 0.670. The summed E-state index contributed by atoms with van der Waals surface area (Å²) in [6.07, 6.45) is 2.67. The highest BCUT2D eigenvalue weighted by Gasteiger charge is 2.34. The fraction of sp³-hybridized carbons (Fsp3) is 0.812. The average Bonchev–Trinajstić information content (AvgIpc) is 3.18. The fourth-order valence-electron chi connectivity index (χ4n) is 2.85. The van der Waals surface area contributed by atoms with E-state index in [-0.39, 0.29) is 6.61 Å². The Morgan fingerprint density at radius 3 is 2.45 bits per heavy atom. The van der Waals surface area contributed by atoms with Crippen LogP contribution in [0, 0.1) is 19.8 Å². The largest absolute Gasteiger partial charge is 0.394 e. The van der Waals surface area contributed by atoms with Crippen molar-refractivity contribution in [1.82, 2.24) is 14.7 Å². The second-order valence-corrected chi connectivity index (χ2v) is 6.48. The van der Waals surface area contributed by atoms with Crippen LogP contribution in [0.4, 0.5) is 0 Å². The van der Waals surface area contributed by atoms with Crippen molar-refractivity contribution < 1.29 is 5.11 Å². The van der Waals surface area contributed by atoms with Gasteiger partial charge in [0.15, 0.2) is 0 Å². The van der Waals surface area contributed by atoms with Crippen molar-refractivity contribution in [3.63, 3.8) is 0 Å². The van der Waals surface area contributed by atoms with Gasteiger partial charge in [0.1, 0.15) is 0 Å². The standard InChI is InChI=1S/C16H29N3O/c1-11(2)13(4)18(15-6-7-15)10-16-12(3)17-19(8-9-20)14(16)5/h11,13,15,20H,6-10H2,1-5H3. The Morgan fingerprint density at radius 1 is 1.30 bits per heavy atom. The minimum absolute atomic E-state index is 0.149. The maximum Gasteiger partial charge on any atom is 0.0644 e. The molecular formula is C16H29N3O. The van der Waals surface area contributed by atoms with E-state index >= 15 is 0 Å². The third-order valence-electron chi connectivity index (χ3n) is 4.69. The van der Waals surface area contributed by atoms with Crippen molar-refractivity contribution in [2.24, 2.45) is 5.92 Å². The van der Waals surface area contributed by atoms with Crippen LogP contribution < -0.4 is 0 Å². The van der Waals surface area contributed by atoms with Crippen molar-refractivity contribution in [3.05, 3.63) is 17.0 Å². The van der Waals surface area contributed by atoms with E-state index < -0.39 is 0 Å². The summed E-state index contributed by atoms with van der Waals surface area (Å²) in [5, 5.41) is 13.7. The molecule has 4 heteroatoms. The predicted molar refractivity (Wildman–Crippen MR) is 81.7 cm³/mol. The molecule has 0 aromatic carbocycles. The van der Waals surface area contributed by atoms with E-state index in [2.05, 4.69) is 44.6 Å². The first-order valence-electron chi connectivity index (χ1n) is 7.85. The van der Waals surface area contributed by atoms with Gasteiger partial charge in [0.05, 0.1) is 18.8 Å². The van der Waals surface area contributed by atoms with E-state index in [4.69, 9.17) is 5.11 Å². The number of rotatable bonds is 7. The van der Waals surface area contributed by atoms with Gasteiger partial charge in [-0.1, -0.05) is 13.8 Å². The smallest absolute Gasteiger partial charge is 0.0644 e. The minimum Gasteiger partial charge on any atom is -0.394 e. The fourth-order valence-corrected chi connectivity index (χ4v) is 2.85. The number of aryl methyl sites for hydroxylation is 1. The molecule has 1 saturated carbocycles. The van der Waals surface area contributed by atoms with Crippen LogP contribution in [0.25, 0.3) is 0 Å². The monoisotopic (exact) mass is 279 g/mol. The first-order chi connectivity index (χ1) is 9.45. The first kappa shape index (κ1) is 15.5. The normalized spacial score (nSPS) is 17.2. The zero-order chi connectivity index (χ0) is 14.9. The van der Waals surface area contributed by atoms with Gasteiger partial charge in [-0.3, -0.25) is 9.58 Å². The molecule has 2 rings (SSSR count). The van der Waals surface area contributed by atoms with Gasteiger partial charge in [0.2, 0.25) is 0 Å². The number of hydrogen-bond acceptors (Lipinski definition) is 3. The molecule has 1 atom stereocenters. The van der Waals surface area contributed by atoms with Gasteiger partial charge in [-0.15, -0.1) is 0 Å². The summed E-state index contributed by atoms with van der Waals surface area (Å²) in [4.78, 5) is 2.64. The highest BCUT2D eigenvalue weighted by molar-refractivity contribution is 5.25. The van der Waals surface area contributed by atoms with Crippen molar-refractivity contribution in [1.29, 1.82) is 0 Å². The molecular weight excluding hydrogens is 250 g/mol. The molecule has 20 heavy (non-hydrogen) atoms. The van der Waals surface area contributed by atoms with E-state index in [1.807, 2.05) is 4.68 Å². The summed E-state index contributed by atoms with van der Waals surface area (Å²) in [6, 6.07) is 1.36. The van der Waals surface area contributed by atoms with E-state index in [9.17, 15) is 0 Å². The van der Waals surface area contributed by atoms with Gasteiger partial charge in [-0.2, -0.15) is 5.10 Å². The molecule has 1 aromatic rings. The molecule has 0 aliphatic heterocycles. The highest BCUT2D eigenvalue weighted by atomic mass is 16.3. The third kappa shape index (κ3) is 3.23. The number of aliphatic hydroxyl groups is 1. The van der Waals surface area contributed by atoms with Crippen LogP contribution in [0.5, 0.6) is 0 Å². The van der Waals surface area contributed by atoms with E-state index in [1.165, 1.54) is 24.1 Å². The third-order valence-corrected chi connectivity index (χ3v) is 4.69. The zero-order valence-corrected chi connectivity index (χ0v) is 13.6. The van der Waals surface area contributed by atoms with Crippen molar-refractivity contribution >= 4 is 0 Å². The maximum atomic E-state index is 9.11. The van der Waals surface area contributed by atoms with Crippen LogP contribution >= 0.6 is 0 Å². The lowest BCUT2D eigenvalue weighted by molar-refractivity contribution is 0.150. The zero-order valence-electron chi connectivity index (χ0n) is 13.6. The lowest BCUT2D eigenvalue weighted by atomic mass is 10.0. The molecule has 0 saturated heterocycles. The number of nitrogens with zero attached hydrogens (tertiary/aromatic N) is 3. The van der Waals surface area contributed by atoms with Crippen LogP contribution in [0.1, 0.15) is 50.6 Å². The molecule has 1 aromatic heterocycles. The molecule has 1 unspecified atom stereocenters. The van der Waals surface area contributed by atoms with E-state index in [0.29, 0.717) is 18.5 Å². The summed E-state index contributed by atoms with van der Waals surface area (Å²) in [7, 11) is 0. The molecule has 1 N–H and O–H groups in total. The molecule has 1 aliphatic rings. The maximum absolute atomic E-state index is 9.11. The predicted octanol–water partition coefficient (Wildman–Crippen LogP) is 2.50. The summed E-state index contributed by atoms with van der Waals surface area (Å²) >= 11 is 0. The van der Waals surface area contributed by atoms with E-state index in [0.717, 1.165) is 18.3 Å². The lowest BCUT2D eigenvalue weighted by Crippen LogP contribution is -2.38. The van der Waals surface area contributed by atoms with Crippen LogP contribution in [-0.2, 0) is 13.1 Å². The van der Waals surface area contributed by atoms with Gasteiger partial charge in [0, 0.05) is 29.9 Å². The summed E-state index contributed by atoms with van der Waals surface area (Å²) < 4.78 is 1.94. The molecule has 0 spiro atoms. The molecule has 1 fully saturated rings. The number of aliphatic hydroxyl groups excluding tert-OH is 1. The Bertz CT molecular complexity index is 449. The highest BCUT2D eigenvalue weighted by Crippen LogP contribution is 2.33. The molecule has 0 bridgehead atoms. The molecule has 4 nitrogen and oxygen atoms in total. The molecule has 1 aliphatic carbocycles. The van der Waals surface area contributed by atoms with Crippen molar-refractivity contribution in [3.8, 4) is 0 Å². The molecule has 0 amide bonds. The molecule has 1 heterocycles. The van der Waals surface area contributed by atoms with Crippen molar-refractivity contribution in [2.75, 3.05) is 6.61 Å². The van der Waals surface area contributed by atoms with Gasteiger partial charge in [-0.25, -0.2) is 0 Å². The second-order valence-electron chi connectivity index (χ2n) is 6.48. The lowest BCUT2D eigenvalue weighted by Gasteiger charge is -2.32. The molecule has 114 valence electrons.